The Kier molecular flexibility index (Phi) is 6.41. The topological polar surface area (TPSA) is 109 Å². The molecular formula is C21H29N7O2. The van der Waals surface area contributed by atoms with Crippen molar-refractivity contribution < 1.29 is 4.79 Å². The number of urea groups is 1. The monoisotopic (exact) mass is 411 g/mol. The number of aryl methyl sites for hydroxylation is 1. The van der Waals surface area contributed by atoms with Gasteiger partial charge in [-0.2, -0.15) is 4.98 Å². The highest BCUT2D eigenvalue weighted by atomic mass is 16.2. The number of carbonyl (C=O) groups is 1. The molecule has 4 N–H and O–H groups in total. The van der Waals surface area contributed by atoms with Crippen LogP contribution in [0, 0.1) is 0 Å². The van der Waals surface area contributed by atoms with Gasteiger partial charge in [0.25, 0.3) is 0 Å². The molecule has 2 saturated heterocycles. The standard InChI is InChI=1S/C21H29N7O2/c22-17-14-26(15-17)10-1-2-16-3-5-18(6-4-16)28-11-7-19(25-21(28)30)24-20(29)27-12-8-23-9-13-27/h3-7,11,17,23H,1-2,8-10,12-15,22H2,(H,24,25,29,30). The van der Waals surface area contributed by atoms with Crippen LogP contribution in [0.3, 0.4) is 0 Å². The molecule has 9 nitrogen and oxygen atoms in total. The number of hydrogen-bond acceptors (Lipinski definition) is 6. The minimum absolute atomic E-state index is 0.231. The van der Waals surface area contributed by atoms with E-state index in [-0.39, 0.29) is 11.8 Å². The van der Waals surface area contributed by atoms with Crippen LogP contribution in [0.15, 0.2) is 41.3 Å². The molecule has 0 aliphatic carbocycles. The van der Waals surface area contributed by atoms with Crippen molar-refractivity contribution in [2.24, 2.45) is 5.73 Å². The Balaban J connectivity index is 1.33. The molecule has 9 heteroatoms. The van der Waals surface area contributed by atoms with Crippen LogP contribution in [-0.2, 0) is 6.42 Å². The van der Waals surface area contributed by atoms with Gasteiger partial charge in [-0.25, -0.2) is 9.59 Å². The number of piperazine rings is 1. The summed E-state index contributed by atoms with van der Waals surface area (Å²) in [7, 11) is 0. The van der Waals surface area contributed by atoms with Crippen LogP contribution in [0.4, 0.5) is 10.6 Å². The number of likely N-dealkylation sites (tertiary alicyclic amines) is 1. The lowest BCUT2D eigenvalue weighted by molar-refractivity contribution is 0.149. The summed E-state index contributed by atoms with van der Waals surface area (Å²) in [5.74, 6) is 0.266. The molecule has 0 bridgehead atoms. The average molecular weight is 412 g/mol. The van der Waals surface area contributed by atoms with E-state index in [1.807, 2.05) is 24.3 Å². The van der Waals surface area contributed by atoms with E-state index >= 15 is 0 Å². The molecule has 0 saturated carbocycles. The Bertz CT molecular complexity index is 916. The summed E-state index contributed by atoms with van der Waals surface area (Å²) in [4.78, 5) is 32.8. The smallest absolute Gasteiger partial charge is 0.325 e. The van der Waals surface area contributed by atoms with Gasteiger partial charge in [-0.05, 0) is 43.1 Å². The normalized spacial score (nSPS) is 17.6. The largest absolute Gasteiger partial charge is 0.354 e. The molecule has 4 rings (SSSR count). The molecule has 1 aromatic heterocycles. The van der Waals surface area contributed by atoms with Crippen LogP contribution in [0.1, 0.15) is 12.0 Å². The van der Waals surface area contributed by atoms with E-state index in [4.69, 9.17) is 5.73 Å². The molecule has 1 aromatic carbocycles. The van der Waals surface area contributed by atoms with Gasteiger partial charge in [0.05, 0.1) is 5.69 Å². The SMILES string of the molecule is NC1CN(CCCc2ccc(-n3ccc(NC(=O)N4CCNCC4)nc3=O)cc2)C1. The number of aromatic nitrogens is 2. The Hall–Kier alpha value is -2.75. The van der Waals surface area contributed by atoms with Crippen LogP contribution < -0.4 is 22.1 Å². The summed E-state index contributed by atoms with van der Waals surface area (Å²) in [6, 6.07) is 9.71. The van der Waals surface area contributed by atoms with Gasteiger partial charge in [0.2, 0.25) is 0 Å². The molecule has 0 atom stereocenters. The van der Waals surface area contributed by atoms with Gasteiger partial charge >= 0.3 is 11.7 Å². The Morgan fingerprint density at radius 3 is 2.57 bits per heavy atom. The number of nitrogens with one attached hydrogen (secondary N) is 2. The van der Waals surface area contributed by atoms with Gasteiger partial charge < -0.3 is 20.9 Å². The summed E-state index contributed by atoms with van der Waals surface area (Å²) in [5, 5.41) is 5.91. The molecule has 0 radical (unpaired) electrons. The van der Waals surface area contributed by atoms with Crippen molar-refractivity contribution in [2.45, 2.75) is 18.9 Å². The first kappa shape index (κ1) is 20.5. The van der Waals surface area contributed by atoms with Crippen molar-refractivity contribution in [1.82, 2.24) is 24.7 Å². The maximum absolute atomic E-state index is 12.5. The second kappa shape index (κ2) is 9.38. The number of benzene rings is 1. The summed E-state index contributed by atoms with van der Waals surface area (Å²) in [5.41, 5.74) is 7.38. The number of hydrogen-bond donors (Lipinski definition) is 3. The van der Waals surface area contributed by atoms with Crippen molar-refractivity contribution in [3.63, 3.8) is 0 Å². The molecule has 2 aromatic rings. The van der Waals surface area contributed by atoms with E-state index in [1.165, 1.54) is 10.1 Å². The number of nitrogens with two attached hydrogens (primary N) is 1. The van der Waals surface area contributed by atoms with Crippen LogP contribution in [0.5, 0.6) is 0 Å². The lowest BCUT2D eigenvalue weighted by atomic mass is 10.1. The van der Waals surface area contributed by atoms with Gasteiger partial charge in [0, 0.05) is 51.5 Å². The quantitative estimate of drug-likeness (QED) is 0.629. The van der Waals surface area contributed by atoms with Crippen LogP contribution in [0.2, 0.25) is 0 Å². The van der Waals surface area contributed by atoms with E-state index < -0.39 is 5.69 Å². The fourth-order valence-corrected chi connectivity index (χ4v) is 3.85. The van der Waals surface area contributed by atoms with E-state index in [1.54, 1.807) is 17.2 Å². The first-order chi connectivity index (χ1) is 14.6. The number of anilines is 1. The van der Waals surface area contributed by atoms with Crippen molar-refractivity contribution >= 4 is 11.8 Å². The van der Waals surface area contributed by atoms with Crippen LogP contribution in [0.25, 0.3) is 5.69 Å². The summed E-state index contributed by atoms with van der Waals surface area (Å²) < 4.78 is 1.48. The number of nitrogens with zero attached hydrogens (tertiary/aromatic N) is 4. The van der Waals surface area contributed by atoms with Crippen molar-refractivity contribution in [1.29, 1.82) is 0 Å². The van der Waals surface area contributed by atoms with E-state index in [2.05, 4.69) is 20.5 Å². The molecule has 160 valence electrons. The highest BCUT2D eigenvalue weighted by Crippen LogP contribution is 2.12. The highest BCUT2D eigenvalue weighted by Gasteiger charge is 2.21. The van der Waals surface area contributed by atoms with E-state index in [9.17, 15) is 9.59 Å². The van der Waals surface area contributed by atoms with Crippen molar-refractivity contribution in [3.05, 3.63) is 52.6 Å². The number of amides is 2. The minimum atomic E-state index is -0.421. The second-order valence-corrected chi connectivity index (χ2v) is 7.92. The predicted molar refractivity (Wildman–Crippen MR) is 116 cm³/mol. The molecule has 2 fully saturated rings. The predicted octanol–water partition coefficient (Wildman–Crippen LogP) is 0.245. The zero-order chi connectivity index (χ0) is 20.9. The van der Waals surface area contributed by atoms with Crippen molar-refractivity contribution in [3.8, 4) is 5.69 Å². The zero-order valence-electron chi connectivity index (χ0n) is 17.1. The molecule has 0 spiro atoms. The van der Waals surface area contributed by atoms with E-state index in [0.29, 0.717) is 19.1 Å². The first-order valence-corrected chi connectivity index (χ1v) is 10.5. The lowest BCUT2D eigenvalue weighted by Gasteiger charge is -2.36. The van der Waals surface area contributed by atoms with Gasteiger partial charge in [-0.1, -0.05) is 12.1 Å². The average Bonchev–Trinajstić information content (AvgIpc) is 2.74. The molecule has 3 heterocycles. The molecule has 30 heavy (non-hydrogen) atoms. The lowest BCUT2D eigenvalue weighted by Crippen LogP contribution is -2.55. The van der Waals surface area contributed by atoms with Gasteiger partial charge in [-0.3, -0.25) is 9.88 Å². The Labute approximate surface area is 175 Å². The van der Waals surface area contributed by atoms with Crippen LogP contribution in [-0.4, -0.2) is 77.2 Å². The summed E-state index contributed by atoms with van der Waals surface area (Å²) >= 11 is 0. The highest BCUT2D eigenvalue weighted by molar-refractivity contribution is 5.88. The fourth-order valence-electron chi connectivity index (χ4n) is 3.85. The van der Waals surface area contributed by atoms with Gasteiger partial charge in [-0.15, -0.1) is 0 Å². The van der Waals surface area contributed by atoms with Crippen LogP contribution >= 0.6 is 0 Å². The maximum Gasteiger partial charge on any atom is 0.354 e. The zero-order valence-corrected chi connectivity index (χ0v) is 17.1. The third kappa shape index (κ3) is 5.05. The molecule has 2 aliphatic rings. The van der Waals surface area contributed by atoms with Gasteiger partial charge in [0.15, 0.2) is 0 Å². The maximum atomic E-state index is 12.5. The van der Waals surface area contributed by atoms with E-state index in [0.717, 1.165) is 51.3 Å². The fraction of sp³-hybridized carbons (Fsp3) is 0.476. The third-order valence-corrected chi connectivity index (χ3v) is 5.58. The second-order valence-electron chi connectivity index (χ2n) is 7.92. The molecule has 2 amide bonds. The number of carbonyl (C=O) groups excluding carboxylic acids is 1. The first-order valence-electron chi connectivity index (χ1n) is 10.5. The summed E-state index contributed by atoms with van der Waals surface area (Å²) in [6.07, 6.45) is 3.73. The summed E-state index contributed by atoms with van der Waals surface area (Å²) in [6.45, 7) is 5.89. The Morgan fingerprint density at radius 1 is 1.17 bits per heavy atom. The molecule has 0 unspecified atom stereocenters. The minimum Gasteiger partial charge on any atom is -0.325 e. The third-order valence-electron chi connectivity index (χ3n) is 5.58. The van der Waals surface area contributed by atoms with Gasteiger partial charge in [0.1, 0.15) is 5.82 Å². The number of rotatable bonds is 6. The molecule has 2 aliphatic heterocycles. The molecular weight excluding hydrogens is 382 g/mol. The Morgan fingerprint density at radius 2 is 1.90 bits per heavy atom. The van der Waals surface area contributed by atoms with Crippen molar-refractivity contribution in [2.75, 3.05) is 51.1 Å².